The maximum absolute atomic E-state index is 11.9. The van der Waals surface area contributed by atoms with E-state index >= 15 is 0 Å². The van der Waals surface area contributed by atoms with Crippen LogP contribution >= 0.6 is 0 Å². The van der Waals surface area contributed by atoms with Crippen LogP contribution in [0.15, 0.2) is 12.2 Å². The molecule has 0 spiro atoms. The molecule has 0 amide bonds. The van der Waals surface area contributed by atoms with Crippen LogP contribution in [-0.4, -0.2) is 31.8 Å². The van der Waals surface area contributed by atoms with Crippen LogP contribution in [0.3, 0.4) is 0 Å². The molecule has 0 N–H and O–H groups in total. The van der Waals surface area contributed by atoms with E-state index in [4.69, 9.17) is 8.92 Å². The summed E-state index contributed by atoms with van der Waals surface area (Å²) in [5.41, 5.74) is -0.860. The van der Waals surface area contributed by atoms with Crippen molar-refractivity contribution in [1.29, 1.82) is 0 Å². The molecule has 4 saturated carbocycles. The average Bonchev–Trinajstić information content (AvgIpc) is 2.21. The van der Waals surface area contributed by atoms with Crippen LogP contribution in [0.2, 0.25) is 0 Å². The number of hydrogen-bond acceptors (Lipinski definition) is 5. The minimum absolute atomic E-state index is 0.379. The van der Waals surface area contributed by atoms with E-state index < -0.39 is 21.3 Å². The predicted molar refractivity (Wildman–Crippen MR) is 77.0 cm³/mol. The molecule has 0 aromatic carbocycles. The lowest BCUT2D eigenvalue weighted by atomic mass is 9.52. The largest absolute Gasteiger partial charge is 0.456 e. The monoisotopic (exact) mass is 314 g/mol. The van der Waals surface area contributed by atoms with Crippen molar-refractivity contribution in [3.05, 3.63) is 12.2 Å². The molecule has 0 heterocycles. The summed E-state index contributed by atoms with van der Waals surface area (Å²) in [4.78, 5) is 11.9. The molecule has 0 aliphatic heterocycles. The van der Waals surface area contributed by atoms with Crippen LogP contribution in [0.1, 0.15) is 45.4 Å². The van der Waals surface area contributed by atoms with Crippen molar-refractivity contribution in [3.8, 4) is 0 Å². The van der Waals surface area contributed by atoms with E-state index in [1.165, 1.54) is 0 Å². The van der Waals surface area contributed by atoms with E-state index in [-0.39, 0.29) is 5.97 Å². The molecule has 0 saturated heterocycles. The summed E-state index contributed by atoms with van der Waals surface area (Å²) in [5.74, 6) is 0.378. The summed E-state index contributed by atoms with van der Waals surface area (Å²) in [7, 11) is -3.52. The summed E-state index contributed by atoms with van der Waals surface area (Å²) in [6.45, 7) is 5.26. The lowest BCUT2D eigenvalue weighted by Gasteiger charge is -2.60. The van der Waals surface area contributed by atoms with Crippen molar-refractivity contribution in [2.24, 2.45) is 11.8 Å². The zero-order valence-electron chi connectivity index (χ0n) is 12.6. The highest BCUT2D eigenvalue weighted by Crippen LogP contribution is 2.60. The number of hydrogen-bond donors (Lipinski definition) is 0. The van der Waals surface area contributed by atoms with Gasteiger partial charge in [0, 0.05) is 12.0 Å². The second-order valence-electron chi connectivity index (χ2n) is 7.28. The first kappa shape index (κ1) is 15.0. The predicted octanol–water partition coefficient (Wildman–Crippen LogP) is 2.17. The summed E-state index contributed by atoms with van der Waals surface area (Å²) in [6, 6.07) is 0. The topological polar surface area (TPSA) is 69.7 Å². The Labute approximate surface area is 125 Å². The number of ether oxygens (including phenoxy) is 1. The smallest absolute Gasteiger partial charge is 0.333 e. The van der Waals surface area contributed by atoms with Gasteiger partial charge in [0.25, 0.3) is 10.1 Å². The molecule has 0 radical (unpaired) electrons. The third kappa shape index (κ3) is 2.88. The molecule has 4 aliphatic carbocycles. The summed E-state index contributed by atoms with van der Waals surface area (Å²) in [6.07, 6.45) is 5.80. The third-order valence-electron chi connectivity index (χ3n) is 4.94. The number of carbonyl (C=O) groups excluding carboxylic acids is 1. The lowest BCUT2D eigenvalue weighted by Crippen LogP contribution is -2.61. The first-order chi connectivity index (χ1) is 9.61. The van der Waals surface area contributed by atoms with E-state index in [9.17, 15) is 13.2 Å². The fourth-order valence-corrected chi connectivity index (χ4v) is 5.75. The Morgan fingerprint density at radius 2 is 1.67 bits per heavy atom. The quantitative estimate of drug-likeness (QED) is 0.452. The van der Waals surface area contributed by atoms with Gasteiger partial charge < -0.3 is 4.74 Å². The Morgan fingerprint density at radius 3 is 2.14 bits per heavy atom. The molecule has 4 rings (SSSR count). The molecule has 4 bridgehead atoms. The molecule has 118 valence electrons. The molecule has 4 atom stereocenters. The maximum Gasteiger partial charge on any atom is 0.333 e. The average molecular weight is 314 g/mol. The highest BCUT2D eigenvalue weighted by molar-refractivity contribution is 7.86. The van der Waals surface area contributed by atoms with Gasteiger partial charge in [0.05, 0.1) is 11.9 Å². The Hall–Kier alpha value is -0.880. The lowest BCUT2D eigenvalue weighted by molar-refractivity contribution is -0.209. The van der Waals surface area contributed by atoms with Crippen molar-refractivity contribution in [2.45, 2.75) is 56.7 Å². The van der Waals surface area contributed by atoms with Crippen molar-refractivity contribution in [2.75, 3.05) is 6.26 Å². The highest BCUT2D eigenvalue weighted by Gasteiger charge is 2.61. The van der Waals surface area contributed by atoms with Gasteiger partial charge in [-0.15, -0.1) is 0 Å². The summed E-state index contributed by atoms with van der Waals surface area (Å²) >= 11 is 0. The highest BCUT2D eigenvalue weighted by atomic mass is 32.2. The molecule has 21 heavy (non-hydrogen) atoms. The van der Waals surface area contributed by atoms with Gasteiger partial charge in [0.2, 0.25) is 0 Å². The van der Waals surface area contributed by atoms with Crippen LogP contribution in [0.25, 0.3) is 0 Å². The molecular weight excluding hydrogens is 292 g/mol. The van der Waals surface area contributed by atoms with Gasteiger partial charge in [-0.05, 0) is 50.9 Å². The first-order valence-corrected chi connectivity index (χ1v) is 9.22. The van der Waals surface area contributed by atoms with Gasteiger partial charge in [-0.1, -0.05) is 6.58 Å². The molecule has 0 aromatic heterocycles. The van der Waals surface area contributed by atoms with Crippen LogP contribution in [-0.2, 0) is 23.8 Å². The molecule has 6 heteroatoms. The fourth-order valence-electron chi connectivity index (χ4n) is 4.92. The van der Waals surface area contributed by atoms with E-state index in [0.29, 0.717) is 23.8 Å². The zero-order chi connectivity index (χ0) is 15.5. The Balaban J connectivity index is 1.88. The number of esters is 1. The maximum atomic E-state index is 11.9. The number of carbonyl (C=O) groups is 1. The van der Waals surface area contributed by atoms with Crippen molar-refractivity contribution in [1.82, 2.24) is 0 Å². The Morgan fingerprint density at radius 1 is 1.14 bits per heavy atom. The van der Waals surface area contributed by atoms with Gasteiger partial charge in [-0.25, -0.2) is 4.79 Å². The van der Waals surface area contributed by atoms with E-state index in [0.717, 1.165) is 38.4 Å². The van der Waals surface area contributed by atoms with Gasteiger partial charge in [0.1, 0.15) is 5.60 Å². The van der Waals surface area contributed by atoms with Crippen LogP contribution in [0, 0.1) is 11.8 Å². The molecule has 4 aliphatic rings. The summed E-state index contributed by atoms with van der Waals surface area (Å²) < 4.78 is 34.4. The van der Waals surface area contributed by atoms with E-state index in [1.807, 2.05) is 0 Å². The SMILES string of the molecule is C=C(C)C(=O)OC12C[C@H]3C[C@@H](C1)CC(OS(C)(=O)=O)(C3)C2. The second-order valence-corrected chi connectivity index (χ2v) is 8.86. The number of rotatable bonds is 4. The zero-order valence-corrected chi connectivity index (χ0v) is 13.4. The minimum atomic E-state index is -3.52. The van der Waals surface area contributed by atoms with E-state index in [2.05, 4.69) is 6.58 Å². The molecule has 5 nitrogen and oxygen atoms in total. The normalized spacial score (nSPS) is 41.0. The van der Waals surface area contributed by atoms with Gasteiger partial charge in [-0.3, -0.25) is 4.18 Å². The molecule has 4 fully saturated rings. The molecule has 2 unspecified atom stereocenters. The van der Waals surface area contributed by atoms with Crippen molar-refractivity contribution >= 4 is 16.1 Å². The molecular formula is C15H22O5S. The third-order valence-corrected chi connectivity index (χ3v) is 5.60. The van der Waals surface area contributed by atoms with E-state index in [1.54, 1.807) is 6.92 Å². The van der Waals surface area contributed by atoms with Crippen LogP contribution < -0.4 is 0 Å². The summed E-state index contributed by atoms with van der Waals surface area (Å²) in [5, 5.41) is 0. The second kappa shape index (κ2) is 4.56. The molecule has 0 aromatic rings. The van der Waals surface area contributed by atoms with Crippen LogP contribution in [0.5, 0.6) is 0 Å². The van der Waals surface area contributed by atoms with Crippen molar-refractivity contribution in [3.63, 3.8) is 0 Å². The minimum Gasteiger partial charge on any atom is -0.456 e. The fraction of sp³-hybridized carbons (Fsp3) is 0.800. The van der Waals surface area contributed by atoms with Gasteiger partial charge >= 0.3 is 5.97 Å². The van der Waals surface area contributed by atoms with Gasteiger partial charge in [-0.2, -0.15) is 8.42 Å². The van der Waals surface area contributed by atoms with Gasteiger partial charge in [0.15, 0.2) is 0 Å². The first-order valence-electron chi connectivity index (χ1n) is 7.40. The van der Waals surface area contributed by atoms with Crippen LogP contribution in [0.4, 0.5) is 0 Å². The Bertz CT molecular complexity index is 577. The van der Waals surface area contributed by atoms with Crippen molar-refractivity contribution < 1.29 is 22.1 Å². The standard InChI is InChI=1S/C15H22O5S/c1-10(2)13(16)19-14-5-11-4-12(6-14)8-15(7-11,9-14)20-21(3,17)18/h11-12H,1,4-9H2,2-3H3/t11-,12+,14?,15?. The Kier molecular flexibility index (Phi) is 3.26.